The molecule has 0 fully saturated rings. The highest BCUT2D eigenvalue weighted by Gasteiger charge is 2.14. The van der Waals surface area contributed by atoms with Crippen LogP contribution in [0.25, 0.3) is 0 Å². The molecule has 0 spiro atoms. The van der Waals surface area contributed by atoms with Crippen LogP contribution in [0.15, 0.2) is 41.5 Å². The highest BCUT2D eigenvalue weighted by molar-refractivity contribution is 6.42. The first-order chi connectivity index (χ1) is 11.9. The molecule has 0 bridgehead atoms. The van der Waals surface area contributed by atoms with Gasteiger partial charge >= 0.3 is 12.0 Å². The molecule has 0 unspecified atom stereocenters. The molecule has 0 radical (unpaired) electrons. The maximum Gasteiger partial charge on any atom is 0.343 e. The number of nitrogens with one attached hydrogen (secondary N) is 1. The fraction of sp³-hybridized carbons (Fsp3) is 0.0625. The minimum absolute atomic E-state index is 0.207. The second-order valence-corrected chi connectivity index (χ2v) is 5.48. The second-order valence-electron chi connectivity index (χ2n) is 4.66. The van der Waals surface area contributed by atoms with Crippen LogP contribution in [0, 0.1) is 0 Å². The summed E-state index contributed by atoms with van der Waals surface area (Å²) >= 11 is 11.7. The summed E-state index contributed by atoms with van der Waals surface area (Å²) in [5.74, 6) is -0.108. The first kappa shape index (κ1) is 18.6. The number of carbonyl (C=O) groups is 2. The Morgan fingerprint density at radius 1 is 1.12 bits per heavy atom. The molecule has 130 valence electrons. The van der Waals surface area contributed by atoms with E-state index in [4.69, 9.17) is 38.4 Å². The van der Waals surface area contributed by atoms with Gasteiger partial charge in [0.15, 0.2) is 11.5 Å². The van der Waals surface area contributed by atoms with Crippen molar-refractivity contribution in [3.8, 4) is 11.5 Å². The SMILES string of the molecule is COc1cc(/C=N\NC(N)=O)ccc1OC(=O)c1ccc(Cl)c(Cl)c1. The van der Waals surface area contributed by atoms with Gasteiger partial charge in [0.05, 0.1) is 28.9 Å². The first-order valence-corrected chi connectivity index (χ1v) is 7.60. The highest BCUT2D eigenvalue weighted by Crippen LogP contribution is 2.29. The minimum atomic E-state index is -0.782. The molecule has 2 aromatic carbocycles. The first-order valence-electron chi connectivity index (χ1n) is 6.84. The number of carbonyl (C=O) groups excluding carboxylic acids is 2. The van der Waals surface area contributed by atoms with E-state index in [-0.39, 0.29) is 16.3 Å². The smallest absolute Gasteiger partial charge is 0.343 e. The number of esters is 1. The fourth-order valence-electron chi connectivity index (χ4n) is 1.80. The number of ether oxygens (including phenoxy) is 2. The lowest BCUT2D eigenvalue weighted by atomic mass is 10.2. The molecule has 2 amide bonds. The van der Waals surface area contributed by atoms with Crippen LogP contribution >= 0.6 is 23.2 Å². The number of nitrogens with zero attached hydrogens (tertiary/aromatic N) is 1. The summed E-state index contributed by atoms with van der Waals surface area (Å²) in [5, 5.41) is 4.22. The highest BCUT2D eigenvalue weighted by atomic mass is 35.5. The summed E-state index contributed by atoms with van der Waals surface area (Å²) in [6.45, 7) is 0. The average Bonchev–Trinajstić information content (AvgIpc) is 2.58. The molecule has 0 saturated carbocycles. The van der Waals surface area contributed by atoms with Crippen LogP contribution in [0.5, 0.6) is 11.5 Å². The third-order valence-electron chi connectivity index (χ3n) is 2.93. The Bertz CT molecular complexity index is 840. The molecular formula is C16H13Cl2N3O4. The van der Waals surface area contributed by atoms with E-state index < -0.39 is 12.0 Å². The van der Waals surface area contributed by atoms with E-state index in [0.29, 0.717) is 16.3 Å². The van der Waals surface area contributed by atoms with E-state index in [2.05, 4.69) is 10.5 Å². The number of rotatable bonds is 5. The summed E-state index contributed by atoms with van der Waals surface area (Å²) < 4.78 is 10.5. The van der Waals surface area contributed by atoms with Gasteiger partial charge in [0.25, 0.3) is 0 Å². The normalized spacial score (nSPS) is 10.5. The maximum atomic E-state index is 12.2. The second kappa shape index (κ2) is 8.36. The number of hydrazone groups is 1. The fourth-order valence-corrected chi connectivity index (χ4v) is 2.10. The van der Waals surface area contributed by atoms with Gasteiger partial charge in [-0.3, -0.25) is 0 Å². The van der Waals surface area contributed by atoms with Crippen LogP contribution in [-0.2, 0) is 0 Å². The van der Waals surface area contributed by atoms with E-state index in [1.807, 2.05) is 0 Å². The van der Waals surface area contributed by atoms with Crippen LogP contribution in [-0.4, -0.2) is 25.3 Å². The molecule has 0 aliphatic rings. The molecule has 7 nitrogen and oxygen atoms in total. The minimum Gasteiger partial charge on any atom is -0.493 e. The van der Waals surface area contributed by atoms with Crippen molar-refractivity contribution in [1.29, 1.82) is 0 Å². The van der Waals surface area contributed by atoms with Crippen LogP contribution in [0.1, 0.15) is 15.9 Å². The number of hydrogen-bond donors (Lipinski definition) is 2. The zero-order chi connectivity index (χ0) is 18.4. The molecule has 3 N–H and O–H groups in total. The Morgan fingerprint density at radius 3 is 2.52 bits per heavy atom. The van der Waals surface area contributed by atoms with E-state index in [1.165, 1.54) is 37.6 Å². The van der Waals surface area contributed by atoms with Gasteiger partial charge in [0, 0.05) is 0 Å². The number of amides is 2. The summed E-state index contributed by atoms with van der Waals surface area (Å²) in [5.41, 5.74) is 7.81. The van der Waals surface area contributed by atoms with Gasteiger partial charge in [0.1, 0.15) is 0 Å². The number of hydrogen-bond acceptors (Lipinski definition) is 5. The molecule has 0 aliphatic heterocycles. The molecule has 0 saturated heterocycles. The summed E-state index contributed by atoms with van der Waals surface area (Å²) in [6, 6.07) is 8.35. The topological polar surface area (TPSA) is 103 Å². The van der Waals surface area contributed by atoms with E-state index in [9.17, 15) is 9.59 Å². The molecule has 0 heterocycles. The van der Waals surface area contributed by atoms with Gasteiger partial charge in [-0.05, 0) is 42.0 Å². The van der Waals surface area contributed by atoms with E-state index >= 15 is 0 Å². The summed E-state index contributed by atoms with van der Waals surface area (Å²) in [7, 11) is 1.43. The Morgan fingerprint density at radius 2 is 1.88 bits per heavy atom. The lowest BCUT2D eigenvalue weighted by Gasteiger charge is -2.10. The number of primary amides is 1. The molecule has 2 rings (SSSR count). The molecule has 0 aliphatic carbocycles. The number of nitrogens with two attached hydrogens (primary N) is 1. The Hall–Kier alpha value is -2.77. The van der Waals surface area contributed by atoms with Gasteiger partial charge in [0.2, 0.25) is 0 Å². The van der Waals surface area contributed by atoms with Gasteiger partial charge < -0.3 is 15.2 Å². The monoisotopic (exact) mass is 381 g/mol. The molecule has 2 aromatic rings. The summed E-state index contributed by atoms with van der Waals surface area (Å²) in [6.07, 6.45) is 1.36. The zero-order valence-corrected chi connectivity index (χ0v) is 14.5. The predicted molar refractivity (Wildman–Crippen MR) is 94.7 cm³/mol. The number of benzene rings is 2. The number of halogens is 2. The van der Waals surface area contributed by atoms with E-state index in [0.717, 1.165) is 0 Å². The predicted octanol–water partition coefficient (Wildman–Crippen LogP) is 3.22. The lowest BCUT2D eigenvalue weighted by Crippen LogP contribution is -2.24. The quantitative estimate of drug-likeness (QED) is 0.359. The van der Waals surface area contributed by atoms with Crippen molar-refractivity contribution in [3.05, 3.63) is 57.6 Å². The lowest BCUT2D eigenvalue weighted by molar-refractivity contribution is 0.0729. The third-order valence-corrected chi connectivity index (χ3v) is 3.67. The number of urea groups is 1. The van der Waals surface area contributed by atoms with Gasteiger partial charge in [-0.2, -0.15) is 5.10 Å². The number of methoxy groups -OCH3 is 1. The van der Waals surface area contributed by atoms with Crippen molar-refractivity contribution in [2.24, 2.45) is 10.8 Å². The van der Waals surface area contributed by atoms with Crippen molar-refractivity contribution in [2.45, 2.75) is 0 Å². The Balaban J connectivity index is 2.18. The summed E-state index contributed by atoms with van der Waals surface area (Å²) in [4.78, 5) is 22.8. The molecule has 0 atom stereocenters. The van der Waals surface area contributed by atoms with Gasteiger partial charge in [-0.15, -0.1) is 0 Å². The van der Waals surface area contributed by atoms with Gasteiger partial charge in [-0.25, -0.2) is 15.0 Å². The average molecular weight is 382 g/mol. The van der Waals surface area contributed by atoms with Crippen molar-refractivity contribution in [1.82, 2.24) is 5.43 Å². The van der Waals surface area contributed by atoms with Crippen molar-refractivity contribution < 1.29 is 19.1 Å². The van der Waals surface area contributed by atoms with Crippen molar-refractivity contribution in [3.63, 3.8) is 0 Å². The van der Waals surface area contributed by atoms with Crippen LogP contribution in [0.4, 0.5) is 4.79 Å². The van der Waals surface area contributed by atoms with Crippen molar-refractivity contribution in [2.75, 3.05) is 7.11 Å². The molecule has 25 heavy (non-hydrogen) atoms. The van der Waals surface area contributed by atoms with Crippen LogP contribution < -0.4 is 20.6 Å². The molecule has 0 aromatic heterocycles. The largest absolute Gasteiger partial charge is 0.493 e. The third kappa shape index (κ3) is 5.10. The van der Waals surface area contributed by atoms with Crippen LogP contribution in [0.2, 0.25) is 10.0 Å². The van der Waals surface area contributed by atoms with E-state index in [1.54, 1.807) is 12.1 Å². The Labute approximate surface area is 153 Å². The maximum absolute atomic E-state index is 12.2. The Kier molecular flexibility index (Phi) is 6.21. The van der Waals surface area contributed by atoms with Crippen LogP contribution in [0.3, 0.4) is 0 Å². The molecule has 9 heteroatoms. The van der Waals surface area contributed by atoms with Crippen molar-refractivity contribution >= 4 is 41.4 Å². The zero-order valence-electron chi connectivity index (χ0n) is 13.0. The standard InChI is InChI=1S/C16H13Cl2N3O4/c1-24-14-6-9(8-20-21-16(19)23)2-5-13(14)25-15(22)10-3-4-11(17)12(18)7-10/h2-8H,1H3,(H3,19,21,23)/b20-8-. The molecular weight excluding hydrogens is 369 g/mol. The van der Waals surface area contributed by atoms with Gasteiger partial charge in [-0.1, -0.05) is 23.2 Å².